The SMILES string of the molecule is C=[N+]([O-])C1OC1C. The fourth-order valence-electron chi connectivity index (χ4n) is 0.477. The van der Waals surface area contributed by atoms with Crippen molar-refractivity contribution in [1.82, 2.24) is 0 Å². The minimum Gasteiger partial charge on any atom is -0.622 e. The third kappa shape index (κ3) is 0.718. The zero-order valence-electron chi connectivity index (χ0n) is 4.13. The molecule has 7 heavy (non-hydrogen) atoms. The molecule has 0 bridgehead atoms. The minimum atomic E-state index is -0.264. The van der Waals surface area contributed by atoms with Gasteiger partial charge in [0.15, 0.2) is 6.10 Å². The Balaban J connectivity index is 2.33. The van der Waals surface area contributed by atoms with E-state index in [0.717, 1.165) is 0 Å². The van der Waals surface area contributed by atoms with Crippen LogP contribution in [0, 0.1) is 5.21 Å². The Morgan fingerprint density at radius 2 is 2.29 bits per heavy atom. The Bertz CT molecular complexity index is 102. The second kappa shape index (κ2) is 1.20. The maximum atomic E-state index is 10.1. The molecule has 0 spiro atoms. The standard InChI is InChI=1S/C4H7NO2/c1-3-4(7-3)5(2)6/h3-4H,2H2,1H3. The van der Waals surface area contributed by atoms with Crippen LogP contribution in [0.25, 0.3) is 0 Å². The summed E-state index contributed by atoms with van der Waals surface area (Å²) in [7, 11) is 0. The number of epoxide rings is 1. The van der Waals surface area contributed by atoms with Gasteiger partial charge in [-0.15, -0.1) is 0 Å². The van der Waals surface area contributed by atoms with Crippen LogP contribution in [-0.4, -0.2) is 23.8 Å². The van der Waals surface area contributed by atoms with Gasteiger partial charge < -0.3 is 9.94 Å². The van der Waals surface area contributed by atoms with Gasteiger partial charge in [-0.25, -0.2) is 0 Å². The Morgan fingerprint density at radius 3 is 2.29 bits per heavy atom. The van der Waals surface area contributed by atoms with Crippen molar-refractivity contribution in [3.63, 3.8) is 0 Å². The van der Waals surface area contributed by atoms with E-state index in [2.05, 4.69) is 6.72 Å². The molecule has 0 aromatic rings. The van der Waals surface area contributed by atoms with Crippen molar-refractivity contribution in [2.24, 2.45) is 0 Å². The van der Waals surface area contributed by atoms with Gasteiger partial charge in [0.25, 0.3) is 6.23 Å². The van der Waals surface area contributed by atoms with Gasteiger partial charge in [-0.2, -0.15) is 4.74 Å². The van der Waals surface area contributed by atoms with Crippen molar-refractivity contribution in [3.8, 4) is 0 Å². The predicted octanol–water partition coefficient (Wildman–Crippen LogP) is -0.0579. The molecule has 1 fully saturated rings. The fraction of sp³-hybridized carbons (Fsp3) is 0.750. The summed E-state index contributed by atoms with van der Waals surface area (Å²) in [5.41, 5.74) is 0. The summed E-state index contributed by atoms with van der Waals surface area (Å²) in [6, 6.07) is 0. The molecule has 2 unspecified atom stereocenters. The van der Waals surface area contributed by atoms with E-state index in [9.17, 15) is 5.21 Å². The monoisotopic (exact) mass is 101 g/mol. The summed E-state index contributed by atoms with van der Waals surface area (Å²) in [6.07, 6.45) is -0.171. The first-order valence-electron chi connectivity index (χ1n) is 2.14. The molecule has 1 saturated heterocycles. The zero-order chi connectivity index (χ0) is 5.44. The molecule has 0 amide bonds. The molecule has 40 valence electrons. The molecule has 1 aliphatic heterocycles. The molecule has 3 nitrogen and oxygen atoms in total. The van der Waals surface area contributed by atoms with Gasteiger partial charge in [0.1, 0.15) is 6.72 Å². The number of hydrogen-bond donors (Lipinski definition) is 0. The Hall–Kier alpha value is -0.570. The smallest absolute Gasteiger partial charge is 0.294 e. The second-order valence-corrected chi connectivity index (χ2v) is 1.65. The van der Waals surface area contributed by atoms with E-state index in [4.69, 9.17) is 4.74 Å². The maximum Gasteiger partial charge on any atom is 0.294 e. The highest BCUT2D eigenvalue weighted by Gasteiger charge is 2.41. The number of nitrogens with zero attached hydrogens (tertiary/aromatic N) is 1. The first-order valence-corrected chi connectivity index (χ1v) is 2.14. The van der Waals surface area contributed by atoms with E-state index in [0.29, 0.717) is 4.74 Å². The van der Waals surface area contributed by atoms with Crippen LogP contribution in [0.2, 0.25) is 0 Å². The largest absolute Gasteiger partial charge is 0.622 e. The molecule has 0 radical (unpaired) electrons. The molecule has 1 aliphatic rings. The summed E-state index contributed by atoms with van der Waals surface area (Å²) < 4.78 is 5.30. The van der Waals surface area contributed by atoms with Gasteiger partial charge in [-0.3, -0.25) is 0 Å². The molecule has 3 heteroatoms. The third-order valence-electron chi connectivity index (χ3n) is 0.963. The highest BCUT2D eigenvalue weighted by Crippen LogP contribution is 2.19. The molecule has 1 heterocycles. The lowest BCUT2D eigenvalue weighted by atomic mass is 10.5. The molecule has 1 rings (SSSR count). The topological polar surface area (TPSA) is 38.6 Å². The quantitative estimate of drug-likeness (QED) is 0.153. The number of hydroxylamine groups is 1. The fourth-order valence-corrected chi connectivity index (χ4v) is 0.477. The molecule has 0 aliphatic carbocycles. The lowest BCUT2D eigenvalue weighted by Gasteiger charge is -1.91. The van der Waals surface area contributed by atoms with Crippen LogP contribution in [0.4, 0.5) is 0 Å². The maximum absolute atomic E-state index is 10.1. The van der Waals surface area contributed by atoms with Gasteiger partial charge in [0, 0.05) is 0 Å². The first-order chi connectivity index (χ1) is 3.22. The Labute approximate surface area is 41.8 Å². The van der Waals surface area contributed by atoms with Gasteiger partial charge in [0.05, 0.1) is 0 Å². The molecular formula is C4H7NO2. The zero-order valence-corrected chi connectivity index (χ0v) is 4.13. The average Bonchev–Trinajstić information content (AvgIpc) is 2.17. The van der Waals surface area contributed by atoms with Gasteiger partial charge in [-0.1, -0.05) is 0 Å². The van der Waals surface area contributed by atoms with Crippen LogP contribution in [0.15, 0.2) is 0 Å². The molecule has 0 N–H and O–H groups in total. The van der Waals surface area contributed by atoms with E-state index in [1.165, 1.54) is 0 Å². The van der Waals surface area contributed by atoms with E-state index < -0.39 is 0 Å². The Kier molecular flexibility index (Phi) is 0.785. The van der Waals surface area contributed by atoms with E-state index in [1.54, 1.807) is 0 Å². The van der Waals surface area contributed by atoms with Crippen molar-refractivity contribution in [2.45, 2.75) is 19.3 Å². The van der Waals surface area contributed by atoms with Gasteiger partial charge in [-0.05, 0) is 6.92 Å². The van der Waals surface area contributed by atoms with Crippen LogP contribution in [0.3, 0.4) is 0 Å². The van der Waals surface area contributed by atoms with Crippen LogP contribution < -0.4 is 0 Å². The van der Waals surface area contributed by atoms with Crippen LogP contribution in [-0.2, 0) is 4.74 Å². The van der Waals surface area contributed by atoms with Crippen molar-refractivity contribution in [3.05, 3.63) is 5.21 Å². The summed E-state index contributed by atoms with van der Waals surface area (Å²) >= 11 is 0. The minimum absolute atomic E-state index is 0.0926. The Morgan fingerprint density at radius 1 is 1.86 bits per heavy atom. The molecular weight excluding hydrogens is 94.0 g/mol. The normalized spacial score (nSPS) is 37.9. The van der Waals surface area contributed by atoms with Crippen LogP contribution in [0.1, 0.15) is 6.92 Å². The highest BCUT2D eigenvalue weighted by molar-refractivity contribution is 5.15. The average molecular weight is 101 g/mol. The molecule has 0 aromatic carbocycles. The molecule has 0 aromatic heterocycles. The number of rotatable bonds is 1. The van der Waals surface area contributed by atoms with Crippen LogP contribution >= 0.6 is 0 Å². The number of hydrogen-bond acceptors (Lipinski definition) is 2. The summed E-state index contributed by atoms with van der Waals surface area (Å²) in [5, 5.41) is 10.1. The van der Waals surface area contributed by atoms with Crippen LogP contribution in [0.5, 0.6) is 0 Å². The predicted molar refractivity (Wildman–Crippen MR) is 25.1 cm³/mol. The van der Waals surface area contributed by atoms with E-state index >= 15 is 0 Å². The van der Waals surface area contributed by atoms with E-state index in [-0.39, 0.29) is 12.3 Å². The van der Waals surface area contributed by atoms with Gasteiger partial charge >= 0.3 is 0 Å². The lowest BCUT2D eigenvalue weighted by molar-refractivity contribution is -0.486. The first kappa shape index (κ1) is 4.59. The summed E-state index contributed by atoms with van der Waals surface area (Å²) in [6.45, 7) is 4.94. The second-order valence-electron chi connectivity index (χ2n) is 1.65. The van der Waals surface area contributed by atoms with E-state index in [1.807, 2.05) is 6.92 Å². The summed E-state index contributed by atoms with van der Waals surface area (Å²) in [5.74, 6) is 0. The summed E-state index contributed by atoms with van der Waals surface area (Å²) in [4.78, 5) is 0. The van der Waals surface area contributed by atoms with Crippen molar-refractivity contribution >= 4 is 6.72 Å². The van der Waals surface area contributed by atoms with Crippen molar-refractivity contribution in [1.29, 1.82) is 0 Å². The van der Waals surface area contributed by atoms with Crippen molar-refractivity contribution in [2.75, 3.05) is 0 Å². The lowest BCUT2D eigenvalue weighted by Crippen LogP contribution is -2.05. The van der Waals surface area contributed by atoms with Gasteiger partial charge in [0.2, 0.25) is 0 Å². The third-order valence-corrected chi connectivity index (χ3v) is 0.963. The number of ether oxygens (including phenoxy) is 1. The van der Waals surface area contributed by atoms with Crippen molar-refractivity contribution < 1.29 is 9.48 Å². The highest BCUT2D eigenvalue weighted by atomic mass is 16.7. The molecule has 2 atom stereocenters. The molecule has 0 saturated carbocycles.